The van der Waals surface area contributed by atoms with Gasteiger partial charge in [0.1, 0.15) is 6.54 Å². The molecule has 3 aromatic rings. The number of thiophene rings is 1. The SMILES string of the molecule is CCCN(CC(=O)N(Cc1ccccc1)Cc1sccc1C)C(=O)c1ccco1. The van der Waals surface area contributed by atoms with Gasteiger partial charge in [0, 0.05) is 18.0 Å². The van der Waals surface area contributed by atoms with Gasteiger partial charge >= 0.3 is 0 Å². The van der Waals surface area contributed by atoms with Crippen LogP contribution in [-0.2, 0) is 17.9 Å². The normalized spacial score (nSPS) is 10.7. The molecule has 2 aromatic heterocycles. The Morgan fingerprint density at radius 3 is 2.41 bits per heavy atom. The number of nitrogens with zero attached hydrogens (tertiary/aromatic N) is 2. The summed E-state index contributed by atoms with van der Waals surface area (Å²) < 4.78 is 5.25. The van der Waals surface area contributed by atoms with E-state index in [-0.39, 0.29) is 24.1 Å². The van der Waals surface area contributed by atoms with E-state index in [0.717, 1.165) is 16.9 Å². The van der Waals surface area contributed by atoms with Crippen LogP contribution in [0.25, 0.3) is 0 Å². The Bertz CT molecular complexity index is 919. The van der Waals surface area contributed by atoms with Crippen molar-refractivity contribution in [2.45, 2.75) is 33.4 Å². The zero-order valence-corrected chi connectivity index (χ0v) is 17.7. The molecule has 5 nitrogen and oxygen atoms in total. The highest BCUT2D eigenvalue weighted by Crippen LogP contribution is 2.20. The molecule has 152 valence electrons. The van der Waals surface area contributed by atoms with Crippen molar-refractivity contribution in [3.05, 3.63) is 81.9 Å². The molecule has 29 heavy (non-hydrogen) atoms. The van der Waals surface area contributed by atoms with E-state index in [1.165, 1.54) is 11.8 Å². The molecule has 0 N–H and O–H groups in total. The highest BCUT2D eigenvalue weighted by molar-refractivity contribution is 7.10. The smallest absolute Gasteiger partial charge is 0.290 e. The average molecular weight is 411 g/mol. The van der Waals surface area contributed by atoms with E-state index in [1.807, 2.05) is 47.5 Å². The molecular formula is C23H26N2O3S. The molecule has 2 heterocycles. The van der Waals surface area contributed by atoms with Crippen LogP contribution in [0.1, 0.15) is 39.9 Å². The molecule has 0 unspecified atom stereocenters. The van der Waals surface area contributed by atoms with Crippen LogP contribution in [-0.4, -0.2) is 34.7 Å². The summed E-state index contributed by atoms with van der Waals surface area (Å²) in [5, 5.41) is 2.04. The lowest BCUT2D eigenvalue weighted by atomic mass is 10.2. The van der Waals surface area contributed by atoms with E-state index in [4.69, 9.17) is 4.42 Å². The number of hydrogen-bond donors (Lipinski definition) is 0. The predicted octanol–water partition coefficient (Wildman–Crippen LogP) is 4.73. The van der Waals surface area contributed by atoms with Crippen molar-refractivity contribution in [3.8, 4) is 0 Å². The van der Waals surface area contributed by atoms with Gasteiger partial charge in [0.25, 0.3) is 5.91 Å². The average Bonchev–Trinajstić information content (AvgIpc) is 3.40. The van der Waals surface area contributed by atoms with Crippen molar-refractivity contribution in [1.82, 2.24) is 9.80 Å². The molecule has 0 aliphatic carbocycles. The minimum atomic E-state index is -0.253. The second-order valence-electron chi connectivity index (χ2n) is 6.97. The minimum Gasteiger partial charge on any atom is -0.459 e. The molecule has 6 heteroatoms. The summed E-state index contributed by atoms with van der Waals surface area (Å²) in [5.74, 6) is -0.0675. The Labute approximate surface area is 175 Å². The summed E-state index contributed by atoms with van der Waals surface area (Å²) in [6.45, 7) is 5.62. The van der Waals surface area contributed by atoms with Crippen molar-refractivity contribution >= 4 is 23.2 Å². The van der Waals surface area contributed by atoms with Crippen molar-refractivity contribution in [1.29, 1.82) is 0 Å². The highest BCUT2D eigenvalue weighted by atomic mass is 32.1. The second kappa shape index (κ2) is 10.1. The Kier molecular flexibility index (Phi) is 7.25. The van der Waals surface area contributed by atoms with Gasteiger partial charge in [-0.15, -0.1) is 11.3 Å². The molecule has 0 atom stereocenters. The summed E-state index contributed by atoms with van der Waals surface area (Å²) in [6, 6.07) is 15.3. The van der Waals surface area contributed by atoms with Crippen LogP contribution in [0.4, 0.5) is 0 Å². The summed E-state index contributed by atoms with van der Waals surface area (Å²) in [7, 11) is 0. The number of amides is 2. The molecule has 0 saturated heterocycles. The Hall–Kier alpha value is -2.86. The lowest BCUT2D eigenvalue weighted by Crippen LogP contribution is -2.42. The van der Waals surface area contributed by atoms with E-state index in [0.29, 0.717) is 19.6 Å². The number of hydrogen-bond acceptors (Lipinski definition) is 4. The molecule has 0 bridgehead atoms. The van der Waals surface area contributed by atoms with E-state index < -0.39 is 0 Å². The number of carbonyl (C=O) groups excluding carboxylic acids is 2. The number of benzene rings is 1. The maximum atomic E-state index is 13.3. The molecule has 0 radical (unpaired) electrons. The van der Waals surface area contributed by atoms with E-state index in [2.05, 4.69) is 13.0 Å². The number of rotatable bonds is 9. The Morgan fingerprint density at radius 1 is 1.00 bits per heavy atom. The minimum absolute atomic E-state index is 0.0324. The van der Waals surface area contributed by atoms with Crippen LogP contribution >= 0.6 is 11.3 Å². The van der Waals surface area contributed by atoms with E-state index in [9.17, 15) is 9.59 Å². The van der Waals surface area contributed by atoms with Crippen molar-refractivity contribution in [3.63, 3.8) is 0 Å². The second-order valence-corrected chi connectivity index (χ2v) is 7.97. The first-order valence-corrected chi connectivity index (χ1v) is 10.6. The van der Waals surface area contributed by atoms with Gasteiger partial charge in [-0.1, -0.05) is 37.3 Å². The highest BCUT2D eigenvalue weighted by Gasteiger charge is 2.24. The standard InChI is InChI=1S/C23H26N2O3S/c1-3-12-24(23(27)20-10-7-13-28-20)17-22(26)25(15-19-8-5-4-6-9-19)16-21-18(2)11-14-29-21/h4-11,13-14H,3,12,15-17H2,1-2H3. The molecule has 0 aliphatic heterocycles. The Morgan fingerprint density at radius 2 is 1.79 bits per heavy atom. The largest absolute Gasteiger partial charge is 0.459 e. The number of carbonyl (C=O) groups is 2. The lowest BCUT2D eigenvalue weighted by molar-refractivity contribution is -0.133. The number of aryl methyl sites for hydroxylation is 1. The third-order valence-corrected chi connectivity index (χ3v) is 5.72. The van der Waals surface area contributed by atoms with Gasteiger partial charge in [-0.05, 0) is 48.1 Å². The van der Waals surface area contributed by atoms with Gasteiger partial charge in [-0.2, -0.15) is 0 Å². The zero-order valence-electron chi connectivity index (χ0n) is 16.8. The fraction of sp³-hybridized carbons (Fsp3) is 0.304. The Balaban J connectivity index is 1.78. The van der Waals surface area contributed by atoms with Crippen LogP contribution in [0.3, 0.4) is 0 Å². The monoisotopic (exact) mass is 410 g/mol. The molecule has 2 amide bonds. The lowest BCUT2D eigenvalue weighted by Gasteiger charge is -2.27. The molecule has 0 spiro atoms. The molecule has 3 rings (SSSR count). The summed E-state index contributed by atoms with van der Waals surface area (Å²) in [5.41, 5.74) is 2.24. The third-order valence-electron chi connectivity index (χ3n) is 4.71. The van der Waals surface area contributed by atoms with Crippen molar-refractivity contribution in [2.24, 2.45) is 0 Å². The maximum Gasteiger partial charge on any atom is 0.290 e. The van der Waals surface area contributed by atoms with Crippen LogP contribution < -0.4 is 0 Å². The first kappa shape index (κ1) is 20.9. The number of furan rings is 1. The molecular weight excluding hydrogens is 384 g/mol. The molecule has 0 aliphatic rings. The fourth-order valence-corrected chi connectivity index (χ4v) is 4.04. The fourth-order valence-electron chi connectivity index (χ4n) is 3.12. The zero-order chi connectivity index (χ0) is 20.6. The summed E-state index contributed by atoms with van der Waals surface area (Å²) >= 11 is 1.65. The predicted molar refractivity (Wildman–Crippen MR) is 115 cm³/mol. The summed E-state index contributed by atoms with van der Waals surface area (Å²) in [4.78, 5) is 30.6. The van der Waals surface area contributed by atoms with Gasteiger partial charge in [0.05, 0.1) is 12.8 Å². The van der Waals surface area contributed by atoms with Crippen LogP contribution in [0.5, 0.6) is 0 Å². The van der Waals surface area contributed by atoms with Gasteiger partial charge in [-0.3, -0.25) is 9.59 Å². The van der Waals surface area contributed by atoms with Gasteiger partial charge in [0.15, 0.2) is 5.76 Å². The van der Waals surface area contributed by atoms with Crippen LogP contribution in [0.2, 0.25) is 0 Å². The molecule has 0 fully saturated rings. The quantitative estimate of drug-likeness (QED) is 0.512. The molecule has 0 saturated carbocycles. The first-order valence-electron chi connectivity index (χ1n) is 9.76. The van der Waals surface area contributed by atoms with Gasteiger partial charge in [0.2, 0.25) is 5.91 Å². The van der Waals surface area contributed by atoms with Crippen LogP contribution in [0, 0.1) is 6.92 Å². The van der Waals surface area contributed by atoms with Gasteiger partial charge in [-0.25, -0.2) is 0 Å². The third kappa shape index (κ3) is 5.57. The maximum absolute atomic E-state index is 13.3. The van der Waals surface area contributed by atoms with E-state index >= 15 is 0 Å². The summed E-state index contributed by atoms with van der Waals surface area (Å²) in [6.07, 6.45) is 2.24. The first-order chi connectivity index (χ1) is 14.1. The van der Waals surface area contributed by atoms with Crippen molar-refractivity contribution < 1.29 is 14.0 Å². The van der Waals surface area contributed by atoms with E-state index in [1.54, 1.807) is 28.4 Å². The van der Waals surface area contributed by atoms with Gasteiger partial charge < -0.3 is 14.2 Å². The molecule has 1 aromatic carbocycles. The van der Waals surface area contributed by atoms with Crippen molar-refractivity contribution in [2.75, 3.05) is 13.1 Å². The van der Waals surface area contributed by atoms with Crippen LogP contribution in [0.15, 0.2) is 64.6 Å². The topological polar surface area (TPSA) is 53.8 Å².